The van der Waals surface area contributed by atoms with E-state index >= 15 is 0 Å². The molecule has 0 amide bonds. The second-order valence-corrected chi connectivity index (χ2v) is 9.71. The Hall–Kier alpha value is -0.130. The van der Waals surface area contributed by atoms with Gasteiger partial charge in [-0.25, -0.2) is 8.42 Å². The van der Waals surface area contributed by atoms with Gasteiger partial charge in [0, 0.05) is 33.0 Å². The van der Waals surface area contributed by atoms with Gasteiger partial charge in [0.15, 0.2) is 21.6 Å². The highest BCUT2D eigenvalue weighted by Gasteiger charge is 2.41. The number of ether oxygens (including phenoxy) is 2. The van der Waals surface area contributed by atoms with Crippen molar-refractivity contribution >= 4 is 39.8 Å². The Balaban J connectivity index is 0.00000243. The first-order valence-corrected chi connectivity index (χ1v) is 11.3. The summed E-state index contributed by atoms with van der Waals surface area (Å²) in [7, 11) is -1.11. The average Bonchev–Trinajstić information content (AvgIpc) is 3.05. The summed E-state index contributed by atoms with van der Waals surface area (Å²) in [5.41, 5.74) is 0. The summed E-state index contributed by atoms with van der Waals surface area (Å²) in [4.78, 5) is 4.21. The smallest absolute Gasteiger partial charge is 0.191 e. The van der Waals surface area contributed by atoms with E-state index in [4.69, 9.17) is 9.47 Å². The Morgan fingerprint density at radius 2 is 1.85 bits per heavy atom. The number of nitrogens with one attached hydrogen (secondary N) is 2. The lowest BCUT2D eigenvalue weighted by Gasteiger charge is -2.26. The van der Waals surface area contributed by atoms with E-state index in [1.54, 1.807) is 7.05 Å². The Morgan fingerprint density at radius 3 is 2.46 bits per heavy atom. The van der Waals surface area contributed by atoms with E-state index in [1.165, 1.54) is 25.7 Å². The van der Waals surface area contributed by atoms with Gasteiger partial charge in [-0.2, -0.15) is 0 Å². The fourth-order valence-corrected chi connectivity index (χ4v) is 5.81. The second-order valence-electron chi connectivity index (χ2n) is 7.48. The normalized spacial score (nSPS) is 30.6. The van der Waals surface area contributed by atoms with Crippen LogP contribution in [-0.2, 0) is 19.3 Å². The Morgan fingerprint density at radius 1 is 1.15 bits per heavy atom. The molecule has 0 bridgehead atoms. The van der Waals surface area contributed by atoms with Crippen LogP contribution in [0.3, 0.4) is 0 Å². The van der Waals surface area contributed by atoms with Crippen LogP contribution >= 0.6 is 24.0 Å². The third-order valence-electron chi connectivity index (χ3n) is 5.38. The van der Waals surface area contributed by atoms with Crippen LogP contribution in [0.5, 0.6) is 0 Å². The summed E-state index contributed by atoms with van der Waals surface area (Å²) >= 11 is 0. The highest BCUT2D eigenvalue weighted by Crippen LogP contribution is 2.36. The summed E-state index contributed by atoms with van der Waals surface area (Å²) in [6.45, 7) is 1.89. The largest absolute Gasteiger partial charge is 0.356 e. The van der Waals surface area contributed by atoms with Crippen molar-refractivity contribution in [3.05, 3.63) is 0 Å². The third-order valence-corrected chi connectivity index (χ3v) is 7.22. The molecular weight excluding hydrogens is 469 g/mol. The molecule has 1 saturated carbocycles. The molecule has 26 heavy (non-hydrogen) atoms. The number of hydrogen-bond acceptors (Lipinski definition) is 5. The molecule has 2 atom stereocenters. The summed E-state index contributed by atoms with van der Waals surface area (Å²) in [5, 5.41) is 6.51. The molecule has 1 aliphatic carbocycles. The Bertz CT molecular complexity index is 577. The van der Waals surface area contributed by atoms with Crippen molar-refractivity contribution < 1.29 is 17.9 Å². The molecule has 2 aliphatic heterocycles. The van der Waals surface area contributed by atoms with Crippen molar-refractivity contribution in [2.45, 2.75) is 56.8 Å². The van der Waals surface area contributed by atoms with Gasteiger partial charge in [-0.05, 0) is 25.2 Å². The molecule has 152 valence electrons. The molecule has 2 saturated heterocycles. The predicted molar refractivity (Wildman–Crippen MR) is 113 cm³/mol. The molecular formula is C17H32IN3O4S. The van der Waals surface area contributed by atoms with Gasteiger partial charge in [-0.1, -0.05) is 12.8 Å². The first kappa shape index (κ1) is 22.2. The zero-order valence-corrected chi connectivity index (χ0v) is 18.7. The van der Waals surface area contributed by atoms with E-state index in [-0.39, 0.29) is 47.5 Å². The van der Waals surface area contributed by atoms with E-state index < -0.39 is 9.84 Å². The molecule has 0 aromatic carbocycles. The zero-order valence-electron chi connectivity index (χ0n) is 15.5. The van der Waals surface area contributed by atoms with Crippen LogP contribution in [0.2, 0.25) is 0 Å². The van der Waals surface area contributed by atoms with Crippen LogP contribution in [0.1, 0.15) is 44.9 Å². The lowest BCUT2D eigenvalue weighted by atomic mass is 10.1. The second kappa shape index (κ2) is 9.88. The van der Waals surface area contributed by atoms with Crippen LogP contribution < -0.4 is 10.6 Å². The minimum Gasteiger partial charge on any atom is -0.356 e. The van der Waals surface area contributed by atoms with E-state index in [1.807, 2.05) is 0 Å². The van der Waals surface area contributed by atoms with Crippen molar-refractivity contribution in [1.29, 1.82) is 0 Å². The quantitative estimate of drug-likeness (QED) is 0.346. The molecule has 7 nitrogen and oxygen atoms in total. The van der Waals surface area contributed by atoms with Crippen LogP contribution in [0.15, 0.2) is 4.99 Å². The SMILES string of the molecule is CN=C(NCC1CCS(=O)(=O)C1)NCC1COC2(CCCCCC2)O1.I. The zero-order chi connectivity index (χ0) is 17.8. The van der Waals surface area contributed by atoms with Crippen LogP contribution in [0, 0.1) is 5.92 Å². The number of aliphatic imine (C=N–C) groups is 1. The topological polar surface area (TPSA) is 89.0 Å². The lowest BCUT2D eigenvalue weighted by Crippen LogP contribution is -2.44. The van der Waals surface area contributed by atoms with Crippen molar-refractivity contribution in [3.63, 3.8) is 0 Å². The molecule has 0 aromatic rings. The van der Waals surface area contributed by atoms with Crippen molar-refractivity contribution in [2.24, 2.45) is 10.9 Å². The van der Waals surface area contributed by atoms with Gasteiger partial charge in [0.25, 0.3) is 0 Å². The number of guanidine groups is 1. The molecule has 2 unspecified atom stereocenters. The lowest BCUT2D eigenvalue weighted by molar-refractivity contribution is -0.175. The van der Waals surface area contributed by atoms with E-state index in [2.05, 4.69) is 15.6 Å². The third kappa shape index (κ3) is 6.20. The van der Waals surface area contributed by atoms with E-state index in [0.29, 0.717) is 31.4 Å². The standard InChI is InChI=1S/C17H31N3O4S.HI/c1-18-16(19-10-14-6-9-25(21,22)13-14)20-11-15-12-23-17(24-15)7-4-2-3-5-8-17;/h14-15H,2-13H2,1H3,(H2,18,19,20);1H. The van der Waals surface area contributed by atoms with Crippen LogP contribution in [0.4, 0.5) is 0 Å². The van der Waals surface area contributed by atoms with Crippen molar-refractivity contribution in [3.8, 4) is 0 Å². The Labute approximate surface area is 174 Å². The first-order valence-electron chi connectivity index (χ1n) is 9.47. The molecule has 3 aliphatic rings. The maximum atomic E-state index is 11.5. The molecule has 2 heterocycles. The maximum Gasteiger partial charge on any atom is 0.191 e. The van der Waals surface area contributed by atoms with Gasteiger partial charge in [-0.15, -0.1) is 24.0 Å². The van der Waals surface area contributed by atoms with Crippen molar-refractivity contribution in [1.82, 2.24) is 10.6 Å². The van der Waals surface area contributed by atoms with Gasteiger partial charge in [0.1, 0.15) is 6.10 Å². The first-order chi connectivity index (χ1) is 12.0. The van der Waals surface area contributed by atoms with Crippen molar-refractivity contribution in [2.75, 3.05) is 38.2 Å². The molecule has 0 radical (unpaired) electrons. The van der Waals surface area contributed by atoms with Gasteiger partial charge < -0.3 is 20.1 Å². The Kier molecular flexibility index (Phi) is 8.42. The number of sulfone groups is 1. The minimum absolute atomic E-state index is 0. The number of rotatable bonds is 4. The highest BCUT2D eigenvalue weighted by molar-refractivity contribution is 14.0. The monoisotopic (exact) mass is 501 g/mol. The summed E-state index contributed by atoms with van der Waals surface area (Å²) in [5.74, 6) is 1.08. The molecule has 9 heteroatoms. The highest BCUT2D eigenvalue weighted by atomic mass is 127. The van der Waals surface area contributed by atoms with Crippen LogP contribution in [0.25, 0.3) is 0 Å². The number of hydrogen-bond donors (Lipinski definition) is 2. The van der Waals surface area contributed by atoms with Crippen LogP contribution in [-0.4, -0.2) is 64.5 Å². The van der Waals surface area contributed by atoms with Gasteiger partial charge in [-0.3, -0.25) is 4.99 Å². The predicted octanol–water partition coefficient (Wildman–Crippen LogP) is 1.67. The van der Waals surface area contributed by atoms with Gasteiger partial charge >= 0.3 is 0 Å². The van der Waals surface area contributed by atoms with Gasteiger partial charge in [0.05, 0.1) is 18.1 Å². The number of nitrogens with zero attached hydrogens (tertiary/aromatic N) is 1. The fraction of sp³-hybridized carbons (Fsp3) is 0.941. The molecule has 1 spiro atoms. The summed E-state index contributed by atoms with van der Waals surface area (Å²) < 4.78 is 35.3. The summed E-state index contributed by atoms with van der Waals surface area (Å²) in [6, 6.07) is 0. The summed E-state index contributed by atoms with van der Waals surface area (Å²) in [6.07, 6.45) is 7.63. The molecule has 0 aromatic heterocycles. The van der Waals surface area contributed by atoms with Gasteiger partial charge in [0.2, 0.25) is 0 Å². The molecule has 3 rings (SSSR count). The molecule has 3 fully saturated rings. The van der Waals surface area contributed by atoms with E-state index in [9.17, 15) is 8.42 Å². The molecule has 2 N–H and O–H groups in total. The van der Waals surface area contributed by atoms with E-state index in [0.717, 1.165) is 19.3 Å². The average molecular weight is 501 g/mol. The minimum atomic E-state index is -2.83. The number of halogens is 1. The fourth-order valence-electron chi connectivity index (χ4n) is 3.95. The maximum absolute atomic E-state index is 11.5.